The van der Waals surface area contributed by atoms with Crippen molar-refractivity contribution in [2.75, 3.05) is 5.32 Å². The van der Waals surface area contributed by atoms with E-state index in [1.54, 1.807) is 6.20 Å². The van der Waals surface area contributed by atoms with Gasteiger partial charge in [-0.05, 0) is 49.1 Å². The number of benzene rings is 3. The van der Waals surface area contributed by atoms with Gasteiger partial charge in [-0.25, -0.2) is 15.2 Å². The van der Waals surface area contributed by atoms with Gasteiger partial charge in [0.1, 0.15) is 5.82 Å². The minimum Gasteiger partial charge on any atom is -0.338 e. The van der Waals surface area contributed by atoms with Crippen LogP contribution in [0, 0.1) is 0 Å². The average molecular weight is 488 g/mol. The Morgan fingerprint density at radius 2 is 1.76 bits per heavy atom. The first-order chi connectivity index (χ1) is 18.1. The van der Waals surface area contributed by atoms with Crippen molar-refractivity contribution in [3.8, 4) is 39.6 Å². The third-order valence-electron chi connectivity index (χ3n) is 7.61. The average Bonchev–Trinajstić information content (AvgIpc) is 3.26. The number of imidazole rings is 1. The first kappa shape index (κ1) is 21.9. The molecule has 1 saturated carbocycles. The summed E-state index contributed by atoms with van der Waals surface area (Å²) < 4.78 is 2.20. The number of fused-ring (bicyclic) bond motifs is 5. The molecular weight excluding hydrogens is 460 g/mol. The van der Waals surface area contributed by atoms with E-state index in [1.807, 2.05) is 48.5 Å². The third kappa shape index (κ3) is 3.48. The van der Waals surface area contributed by atoms with Crippen molar-refractivity contribution in [2.24, 2.45) is 5.73 Å². The van der Waals surface area contributed by atoms with Crippen molar-refractivity contribution >= 4 is 17.2 Å². The van der Waals surface area contributed by atoms with E-state index in [2.05, 4.69) is 51.3 Å². The van der Waals surface area contributed by atoms with Gasteiger partial charge in [0, 0.05) is 40.6 Å². The van der Waals surface area contributed by atoms with E-state index >= 15 is 0 Å². The normalized spacial score (nSPS) is 15.0. The van der Waals surface area contributed by atoms with E-state index in [1.165, 1.54) is 12.0 Å². The molecule has 3 aromatic carbocycles. The van der Waals surface area contributed by atoms with E-state index in [0.717, 1.165) is 75.1 Å². The van der Waals surface area contributed by atoms with Crippen molar-refractivity contribution in [3.05, 3.63) is 96.7 Å². The van der Waals surface area contributed by atoms with E-state index in [-0.39, 0.29) is 5.54 Å². The monoisotopic (exact) mass is 487 g/mol. The number of pyridine rings is 1. The van der Waals surface area contributed by atoms with Crippen LogP contribution >= 0.6 is 0 Å². The van der Waals surface area contributed by atoms with Crippen LogP contribution in [0.5, 0.6) is 0 Å². The molecule has 0 radical (unpaired) electrons. The predicted octanol–water partition coefficient (Wildman–Crippen LogP) is 5.25. The Labute approximate surface area is 214 Å². The van der Waals surface area contributed by atoms with Gasteiger partial charge in [-0.2, -0.15) is 5.48 Å². The maximum Gasteiger partial charge on any atom is 0.162 e. The number of nitrogens with one attached hydrogen (secondary N) is 1. The summed E-state index contributed by atoms with van der Waals surface area (Å²) in [6.07, 6.45) is 5.01. The molecule has 7 rings (SSSR count). The lowest BCUT2D eigenvalue weighted by molar-refractivity contribution is -0.825. The molecule has 2 aromatic heterocycles. The van der Waals surface area contributed by atoms with E-state index in [4.69, 9.17) is 10.7 Å². The summed E-state index contributed by atoms with van der Waals surface area (Å²) in [4.78, 5) is 9.92. The molecule has 1 aliphatic carbocycles. The zero-order valence-corrected chi connectivity index (χ0v) is 20.2. The molecule has 0 atom stereocenters. The van der Waals surface area contributed by atoms with Crippen molar-refractivity contribution in [1.82, 2.24) is 14.5 Å². The third-order valence-corrected chi connectivity index (χ3v) is 7.61. The molecule has 3 heterocycles. The Bertz CT molecular complexity index is 1630. The second-order valence-corrected chi connectivity index (χ2v) is 9.85. The van der Waals surface area contributed by atoms with Crippen LogP contribution in [0.2, 0.25) is 0 Å². The summed E-state index contributed by atoms with van der Waals surface area (Å²) in [6, 6.07) is 28.6. The molecule has 0 bridgehead atoms. The summed E-state index contributed by atoms with van der Waals surface area (Å²) in [7, 11) is 0. The van der Waals surface area contributed by atoms with Crippen LogP contribution in [0.3, 0.4) is 0 Å². The Morgan fingerprint density at radius 3 is 2.54 bits per heavy atom. The lowest BCUT2D eigenvalue weighted by Gasteiger charge is -2.38. The van der Waals surface area contributed by atoms with Crippen LogP contribution in [0.25, 0.3) is 39.6 Å². The van der Waals surface area contributed by atoms with Crippen LogP contribution < -0.4 is 16.5 Å². The first-order valence-electron chi connectivity index (χ1n) is 12.6. The fourth-order valence-electron chi connectivity index (χ4n) is 5.46. The summed E-state index contributed by atoms with van der Waals surface area (Å²) >= 11 is 0. The van der Waals surface area contributed by atoms with Crippen LogP contribution in [-0.2, 0) is 5.54 Å². The van der Waals surface area contributed by atoms with Crippen molar-refractivity contribution in [1.29, 1.82) is 0 Å². The number of rotatable bonds is 4. The minimum atomic E-state index is -0.222. The molecule has 0 spiro atoms. The number of nitrogens with two attached hydrogens (primary N) is 2. The second kappa shape index (κ2) is 8.38. The minimum absolute atomic E-state index is 0.222. The standard InChI is InChI=1S/C30H26N6O/c31-30(15-5-16-30)21-13-11-19(12-14-21)27-26(20-6-3-7-22(18-20)35-37)34-29-23-8-1-2-9-24(23)33-28-25(36(27)29)10-4-17-32-28/h1-4,6-14,17-18,35,37H,5,15-16,31H2,(H,32,33)/p+1. The van der Waals surface area contributed by atoms with Crippen molar-refractivity contribution in [2.45, 2.75) is 24.8 Å². The van der Waals surface area contributed by atoms with E-state index < -0.39 is 0 Å². The van der Waals surface area contributed by atoms with Gasteiger partial charge < -0.3 is 11.1 Å². The molecule has 1 aliphatic heterocycles. The highest BCUT2D eigenvalue weighted by molar-refractivity contribution is 5.91. The molecule has 182 valence electrons. The number of para-hydroxylation sites is 1. The summed E-state index contributed by atoms with van der Waals surface area (Å²) in [6.45, 7) is 0. The van der Waals surface area contributed by atoms with Crippen LogP contribution in [0.1, 0.15) is 24.8 Å². The highest BCUT2D eigenvalue weighted by Crippen LogP contribution is 2.45. The van der Waals surface area contributed by atoms with E-state index in [0.29, 0.717) is 0 Å². The maximum atomic E-state index is 9.71. The molecule has 7 heteroatoms. The smallest absolute Gasteiger partial charge is 0.162 e. The highest BCUT2D eigenvalue weighted by Gasteiger charge is 2.34. The fraction of sp³-hybridized carbons (Fsp3) is 0.133. The van der Waals surface area contributed by atoms with Gasteiger partial charge in [-0.3, -0.25) is 4.57 Å². The number of hydrogen-bond acceptors (Lipinski definition) is 5. The van der Waals surface area contributed by atoms with Crippen LogP contribution in [0.15, 0.2) is 91.1 Å². The van der Waals surface area contributed by atoms with Crippen LogP contribution in [-0.4, -0.2) is 19.7 Å². The Kier molecular flexibility index (Phi) is 4.97. The highest BCUT2D eigenvalue weighted by atomic mass is 16.5. The lowest BCUT2D eigenvalue weighted by atomic mass is 9.72. The number of hydrogen-bond donors (Lipinski definition) is 4. The van der Waals surface area contributed by atoms with Gasteiger partial charge >= 0.3 is 0 Å². The molecule has 7 nitrogen and oxygen atoms in total. The lowest BCUT2D eigenvalue weighted by Crippen LogP contribution is -2.73. The second-order valence-electron chi connectivity index (χ2n) is 9.85. The van der Waals surface area contributed by atoms with Crippen LogP contribution in [0.4, 0.5) is 17.2 Å². The molecule has 0 saturated heterocycles. The zero-order valence-electron chi connectivity index (χ0n) is 20.2. The van der Waals surface area contributed by atoms with Gasteiger partial charge in [0.15, 0.2) is 11.5 Å². The molecule has 5 aromatic rings. The first-order valence-corrected chi connectivity index (χ1v) is 12.6. The number of nitrogens with zero attached hydrogens (tertiary/aromatic N) is 3. The largest absolute Gasteiger partial charge is 0.338 e. The van der Waals surface area contributed by atoms with Gasteiger partial charge in [-0.1, -0.05) is 48.5 Å². The number of aromatic nitrogens is 3. The molecule has 2 aliphatic rings. The Morgan fingerprint density at radius 1 is 0.919 bits per heavy atom. The SMILES string of the molecule is NC1(c2ccc(-c3c(-c4cccc([NH2+]O)c4)nc4n3-c3cccnc3Nc3ccccc3-4)cc2)CCC1. The van der Waals surface area contributed by atoms with E-state index in [9.17, 15) is 5.21 Å². The van der Waals surface area contributed by atoms with Gasteiger partial charge in [0.05, 0.1) is 22.8 Å². The van der Waals surface area contributed by atoms with Gasteiger partial charge in [0.25, 0.3) is 0 Å². The number of quaternary nitrogens is 1. The molecule has 0 unspecified atom stereocenters. The summed E-state index contributed by atoms with van der Waals surface area (Å²) in [5, 5.41) is 13.2. The number of anilines is 2. The molecule has 37 heavy (non-hydrogen) atoms. The van der Waals surface area contributed by atoms with Gasteiger partial charge in [-0.15, -0.1) is 0 Å². The fourth-order valence-corrected chi connectivity index (χ4v) is 5.46. The van der Waals surface area contributed by atoms with Crippen molar-refractivity contribution < 1.29 is 10.7 Å². The molecule has 6 N–H and O–H groups in total. The quantitative estimate of drug-likeness (QED) is 0.201. The molecule has 1 fully saturated rings. The Hall–Kier alpha value is -4.30. The zero-order chi connectivity index (χ0) is 25.0. The van der Waals surface area contributed by atoms with Crippen molar-refractivity contribution in [3.63, 3.8) is 0 Å². The topological polar surface area (TPSA) is 106 Å². The Balaban J connectivity index is 1.53. The predicted molar refractivity (Wildman–Crippen MR) is 144 cm³/mol. The maximum absolute atomic E-state index is 9.71. The summed E-state index contributed by atoms with van der Waals surface area (Å²) in [5.74, 6) is 1.60. The molecule has 0 amide bonds. The molecular formula is C30H27N6O+. The summed E-state index contributed by atoms with van der Waals surface area (Å²) in [5.41, 5.74) is 16.0. The van der Waals surface area contributed by atoms with Gasteiger partial charge in [0.2, 0.25) is 0 Å².